The van der Waals surface area contributed by atoms with Crippen LogP contribution < -0.4 is 10.5 Å². The highest BCUT2D eigenvalue weighted by atomic mass is 32.2. The van der Waals surface area contributed by atoms with Gasteiger partial charge in [-0.3, -0.25) is 4.79 Å². The van der Waals surface area contributed by atoms with Gasteiger partial charge in [0.1, 0.15) is 4.21 Å². The molecule has 112 valence electrons. The Morgan fingerprint density at radius 3 is 2.67 bits per heavy atom. The summed E-state index contributed by atoms with van der Waals surface area (Å²) in [4.78, 5) is 12.8. The average Bonchev–Trinajstić information content (AvgIpc) is 2.87. The SMILES string of the molecule is Cc1cc(C(=O)NCc2ccc(S(N)(=O)=O)s2)c(C)nn1. The lowest BCUT2D eigenvalue weighted by molar-refractivity contribution is 0.0950. The number of aromatic nitrogens is 2. The molecular weight excluding hydrogens is 312 g/mol. The molecule has 0 fully saturated rings. The van der Waals surface area contributed by atoms with Crippen LogP contribution in [0.3, 0.4) is 0 Å². The molecule has 0 saturated carbocycles. The van der Waals surface area contributed by atoms with Crippen LogP contribution in [0.5, 0.6) is 0 Å². The van der Waals surface area contributed by atoms with Gasteiger partial charge in [-0.15, -0.1) is 11.3 Å². The van der Waals surface area contributed by atoms with E-state index >= 15 is 0 Å². The summed E-state index contributed by atoms with van der Waals surface area (Å²) in [5.41, 5.74) is 1.64. The van der Waals surface area contributed by atoms with Crippen molar-refractivity contribution >= 4 is 27.3 Å². The lowest BCUT2D eigenvalue weighted by Crippen LogP contribution is -2.24. The van der Waals surface area contributed by atoms with Crippen LogP contribution in [-0.2, 0) is 16.6 Å². The van der Waals surface area contributed by atoms with Gasteiger partial charge in [0.25, 0.3) is 5.91 Å². The second-order valence-electron chi connectivity index (χ2n) is 4.43. The van der Waals surface area contributed by atoms with Gasteiger partial charge >= 0.3 is 0 Å². The van der Waals surface area contributed by atoms with Crippen molar-refractivity contribution in [1.82, 2.24) is 15.5 Å². The van der Waals surface area contributed by atoms with Crippen LogP contribution in [0.25, 0.3) is 0 Å². The van der Waals surface area contributed by atoms with Crippen LogP contribution in [0.1, 0.15) is 26.6 Å². The number of sulfonamides is 1. The molecule has 2 aromatic heterocycles. The fourth-order valence-corrected chi connectivity index (χ4v) is 3.37. The minimum Gasteiger partial charge on any atom is -0.347 e. The van der Waals surface area contributed by atoms with Crippen molar-refractivity contribution in [3.63, 3.8) is 0 Å². The molecule has 9 heteroatoms. The molecule has 2 aromatic rings. The average molecular weight is 326 g/mol. The van der Waals surface area contributed by atoms with E-state index in [1.54, 1.807) is 26.0 Å². The van der Waals surface area contributed by atoms with Crippen molar-refractivity contribution in [2.75, 3.05) is 0 Å². The Morgan fingerprint density at radius 2 is 2.05 bits per heavy atom. The summed E-state index contributed by atoms with van der Waals surface area (Å²) in [6, 6.07) is 4.69. The van der Waals surface area contributed by atoms with Gasteiger partial charge in [0, 0.05) is 4.88 Å². The Kier molecular flexibility index (Phi) is 4.35. The summed E-state index contributed by atoms with van der Waals surface area (Å²) in [6.07, 6.45) is 0. The molecular formula is C12H14N4O3S2. The molecule has 21 heavy (non-hydrogen) atoms. The van der Waals surface area contributed by atoms with E-state index in [0.29, 0.717) is 21.8 Å². The van der Waals surface area contributed by atoms with E-state index in [4.69, 9.17) is 5.14 Å². The molecule has 0 saturated heterocycles. The van der Waals surface area contributed by atoms with E-state index in [1.165, 1.54) is 6.07 Å². The Bertz CT molecular complexity index is 784. The number of thiophene rings is 1. The topological polar surface area (TPSA) is 115 Å². The second-order valence-corrected chi connectivity index (χ2v) is 7.39. The second kappa shape index (κ2) is 5.88. The van der Waals surface area contributed by atoms with Crippen molar-refractivity contribution in [3.05, 3.63) is 40.0 Å². The first kappa shape index (κ1) is 15.5. The van der Waals surface area contributed by atoms with Gasteiger partial charge in [-0.2, -0.15) is 10.2 Å². The van der Waals surface area contributed by atoms with E-state index in [0.717, 1.165) is 11.3 Å². The van der Waals surface area contributed by atoms with Crippen molar-refractivity contribution in [1.29, 1.82) is 0 Å². The van der Waals surface area contributed by atoms with Crippen LogP contribution in [0, 0.1) is 13.8 Å². The van der Waals surface area contributed by atoms with Crippen molar-refractivity contribution in [2.45, 2.75) is 24.6 Å². The third-order valence-electron chi connectivity index (χ3n) is 2.69. The van der Waals surface area contributed by atoms with Crippen LogP contribution in [0.4, 0.5) is 0 Å². The molecule has 0 atom stereocenters. The van der Waals surface area contributed by atoms with Crippen molar-refractivity contribution < 1.29 is 13.2 Å². The number of carbonyl (C=O) groups excluding carboxylic acids is 1. The maximum atomic E-state index is 12.1. The van der Waals surface area contributed by atoms with Crippen LogP contribution >= 0.6 is 11.3 Å². The number of hydrogen-bond donors (Lipinski definition) is 2. The first-order chi connectivity index (χ1) is 9.77. The zero-order chi connectivity index (χ0) is 15.6. The highest BCUT2D eigenvalue weighted by Gasteiger charge is 2.13. The van der Waals surface area contributed by atoms with Crippen molar-refractivity contribution in [2.24, 2.45) is 5.14 Å². The van der Waals surface area contributed by atoms with Crippen LogP contribution in [-0.4, -0.2) is 24.5 Å². The number of rotatable bonds is 4. The smallest absolute Gasteiger partial charge is 0.253 e. The molecule has 0 aliphatic rings. The first-order valence-corrected chi connectivity index (χ1v) is 8.34. The number of nitrogens with two attached hydrogens (primary N) is 1. The number of hydrogen-bond acceptors (Lipinski definition) is 6. The predicted octanol–water partition coefficient (Wildman–Crippen LogP) is 0.732. The zero-order valence-electron chi connectivity index (χ0n) is 11.5. The normalized spacial score (nSPS) is 11.4. The fraction of sp³-hybridized carbons (Fsp3) is 0.250. The third kappa shape index (κ3) is 3.84. The molecule has 0 radical (unpaired) electrons. The largest absolute Gasteiger partial charge is 0.347 e. The van der Waals surface area contributed by atoms with Crippen LogP contribution in [0.2, 0.25) is 0 Å². The molecule has 0 spiro atoms. The number of carbonyl (C=O) groups is 1. The zero-order valence-corrected chi connectivity index (χ0v) is 13.1. The maximum absolute atomic E-state index is 12.1. The Balaban J connectivity index is 2.08. The molecule has 3 N–H and O–H groups in total. The molecule has 0 aliphatic carbocycles. The molecule has 0 unspecified atom stereocenters. The van der Waals surface area contributed by atoms with Gasteiger partial charge in [0.2, 0.25) is 10.0 Å². The third-order valence-corrected chi connectivity index (χ3v) is 5.21. The van der Waals surface area contributed by atoms with E-state index in [2.05, 4.69) is 15.5 Å². The van der Waals surface area contributed by atoms with Crippen LogP contribution in [0.15, 0.2) is 22.4 Å². The van der Waals surface area contributed by atoms with Gasteiger partial charge < -0.3 is 5.32 Å². The minimum atomic E-state index is -3.70. The summed E-state index contributed by atoms with van der Waals surface area (Å²) in [7, 11) is -3.70. The summed E-state index contributed by atoms with van der Waals surface area (Å²) >= 11 is 1.03. The molecule has 2 rings (SSSR count). The van der Waals surface area contributed by atoms with Crippen molar-refractivity contribution in [3.8, 4) is 0 Å². The number of primary sulfonamides is 1. The summed E-state index contributed by atoms with van der Waals surface area (Å²) in [6.45, 7) is 3.67. The van der Waals surface area contributed by atoms with Gasteiger partial charge in [0.15, 0.2) is 0 Å². The minimum absolute atomic E-state index is 0.0735. The molecule has 0 bridgehead atoms. The van der Waals surface area contributed by atoms with E-state index in [1.807, 2.05) is 0 Å². The van der Waals surface area contributed by atoms with Gasteiger partial charge in [0.05, 0.1) is 23.5 Å². The Morgan fingerprint density at radius 1 is 1.33 bits per heavy atom. The fourth-order valence-electron chi connectivity index (χ4n) is 1.65. The monoisotopic (exact) mass is 326 g/mol. The lowest BCUT2D eigenvalue weighted by Gasteiger charge is -2.06. The quantitative estimate of drug-likeness (QED) is 0.859. The van der Waals surface area contributed by atoms with E-state index in [9.17, 15) is 13.2 Å². The highest BCUT2D eigenvalue weighted by molar-refractivity contribution is 7.91. The molecule has 0 aliphatic heterocycles. The maximum Gasteiger partial charge on any atom is 0.253 e. The molecule has 0 aromatic carbocycles. The Labute approximate surface area is 126 Å². The predicted molar refractivity (Wildman–Crippen MR) is 78.4 cm³/mol. The van der Waals surface area contributed by atoms with E-state index in [-0.39, 0.29) is 16.7 Å². The first-order valence-electron chi connectivity index (χ1n) is 5.98. The number of nitrogens with zero attached hydrogens (tertiary/aromatic N) is 2. The Hall–Kier alpha value is -1.84. The molecule has 7 nitrogen and oxygen atoms in total. The number of nitrogens with one attached hydrogen (secondary N) is 1. The number of aryl methyl sites for hydroxylation is 2. The summed E-state index contributed by atoms with van der Waals surface area (Å²) < 4.78 is 22.4. The molecule has 2 heterocycles. The van der Waals surface area contributed by atoms with Gasteiger partial charge in [-0.05, 0) is 32.0 Å². The van der Waals surface area contributed by atoms with E-state index < -0.39 is 10.0 Å². The number of amides is 1. The summed E-state index contributed by atoms with van der Waals surface area (Å²) in [5, 5.41) is 15.5. The molecule has 1 amide bonds. The standard InChI is InChI=1S/C12H14N4O3S2/c1-7-5-10(8(2)16-15-7)12(17)14-6-9-3-4-11(20-9)21(13,18)19/h3-5H,6H2,1-2H3,(H,14,17)(H2,13,18,19). The highest BCUT2D eigenvalue weighted by Crippen LogP contribution is 2.20. The lowest BCUT2D eigenvalue weighted by atomic mass is 10.2. The van der Waals surface area contributed by atoms with Gasteiger partial charge in [-0.1, -0.05) is 0 Å². The van der Waals surface area contributed by atoms with Gasteiger partial charge in [-0.25, -0.2) is 13.6 Å². The summed E-state index contributed by atoms with van der Waals surface area (Å²) in [5.74, 6) is -0.281.